The van der Waals surface area contributed by atoms with Gasteiger partial charge in [-0.25, -0.2) is 0 Å². The van der Waals surface area contributed by atoms with Crippen molar-refractivity contribution in [2.75, 3.05) is 25.1 Å². The number of ether oxygens (including phenoxy) is 1. The number of nitrogens with zero attached hydrogens (tertiary/aromatic N) is 1. The summed E-state index contributed by atoms with van der Waals surface area (Å²) in [4.78, 5) is 2.30. The van der Waals surface area contributed by atoms with E-state index in [1.54, 1.807) is 0 Å². The van der Waals surface area contributed by atoms with E-state index in [4.69, 9.17) is 10.5 Å². The number of hydrogen-bond donors (Lipinski definition) is 1. The largest absolute Gasteiger partial charge is 0.378 e. The number of hydrogen-bond acceptors (Lipinski definition) is 3. The van der Waals surface area contributed by atoms with E-state index in [1.165, 1.54) is 36.9 Å². The average Bonchev–Trinajstić information content (AvgIpc) is 2.91. The molecule has 1 aliphatic heterocycles. The number of para-hydroxylation sites is 1. The van der Waals surface area contributed by atoms with Crippen molar-refractivity contribution < 1.29 is 4.74 Å². The van der Waals surface area contributed by atoms with Crippen LogP contribution in [0.4, 0.5) is 5.69 Å². The van der Waals surface area contributed by atoms with Gasteiger partial charge in [-0.2, -0.15) is 0 Å². The molecule has 2 rings (SSSR count). The number of anilines is 1. The van der Waals surface area contributed by atoms with E-state index in [9.17, 15) is 0 Å². The highest BCUT2D eigenvalue weighted by Crippen LogP contribution is 2.21. The quantitative estimate of drug-likeness (QED) is 0.841. The van der Waals surface area contributed by atoms with Gasteiger partial charge in [-0.3, -0.25) is 0 Å². The van der Waals surface area contributed by atoms with Crippen molar-refractivity contribution in [1.82, 2.24) is 0 Å². The Morgan fingerprint density at radius 3 is 2.94 bits per heavy atom. The lowest BCUT2D eigenvalue weighted by Crippen LogP contribution is -2.21. The van der Waals surface area contributed by atoms with Crippen LogP contribution in [0.25, 0.3) is 0 Å². The molecule has 1 saturated heterocycles. The summed E-state index contributed by atoms with van der Waals surface area (Å²) >= 11 is 0. The average molecular weight is 248 g/mol. The number of rotatable bonds is 6. The van der Waals surface area contributed by atoms with E-state index in [2.05, 4.69) is 30.1 Å². The van der Waals surface area contributed by atoms with Crippen LogP contribution in [-0.4, -0.2) is 26.3 Å². The van der Waals surface area contributed by atoms with E-state index < -0.39 is 0 Å². The normalized spacial score (nSPS) is 19.1. The minimum Gasteiger partial charge on any atom is -0.378 e. The molecule has 100 valence electrons. The Bertz CT molecular complexity index is 361. The Balaban J connectivity index is 1.81. The highest BCUT2D eigenvalue weighted by atomic mass is 16.5. The molecule has 0 spiro atoms. The van der Waals surface area contributed by atoms with Gasteiger partial charge in [0, 0.05) is 32.4 Å². The van der Waals surface area contributed by atoms with Crippen LogP contribution < -0.4 is 10.6 Å². The van der Waals surface area contributed by atoms with Gasteiger partial charge in [0.15, 0.2) is 0 Å². The molecule has 0 amide bonds. The highest BCUT2D eigenvalue weighted by Gasteiger charge is 2.15. The summed E-state index contributed by atoms with van der Waals surface area (Å²) in [7, 11) is 2.14. The van der Waals surface area contributed by atoms with Crippen LogP contribution in [-0.2, 0) is 11.3 Å². The number of benzene rings is 1. The molecule has 0 aliphatic carbocycles. The minimum atomic E-state index is 0.503. The molecule has 1 unspecified atom stereocenters. The first-order valence-electron chi connectivity index (χ1n) is 6.92. The minimum absolute atomic E-state index is 0.503. The zero-order valence-electron chi connectivity index (χ0n) is 11.3. The third kappa shape index (κ3) is 3.47. The standard InChI is InChI=1S/C15H24N2O/c1-17(10-4-7-14-8-5-11-18-14)15-9-3-2-6-13(15)12-16/h2-3,6,9,14H,4-5,7-8,10-12,16H2,1H3. The maximum absolute atomic E-state index is 5.77. The van der Waals surface area contributed by atoms with Crippen molar-refractivity contribution in [1.29, 1.82) is 0 Å². The summed E-state index contributed by atoms with van der Waals surface area (Å²) in [5.41, 5.74) is 8.25. The van der Waals surface area contributed by atoms with Crippen LogP contribution in [0.1, 0.15) is 31.2 Å². The molecule has 1 aliphatic rings. The molecule has 2 N–H and O–H groups in total. The molecule has 0 bridgehead atoms. The lowest BCUT2D eigenvalue weighted by molar-refractivity contribution is 0.103. The second-order valence-corrected chi connectivity index (χ2v) is 5.03. The van der Waals surface area contributed by atoms with Crippen LogP contribution in [0.2, 0.25) is 0 Å². The van der Waals surface area contributed by atoms with Gasteiger partial charge in [0.2, 0.25) is 0 Å². The molecule has 3 nitrogen and oxygen atoms in total. The number of nitrogens with two attached hydrogens (primary N) is 1. The molecule has 1 aromatic carbocycles. The fourth-order valence-corrected chi connectivity index (χ4v) is 2.60. The predicted molar refractivity (Wildman–Crippen MR) is 75.8 cm³/mol. The van der Waals surface area contributed by atoms with Crippen LogP contribution in [0.5, 0.6) is 0 Å². The SMILES string of the molecule is CN(CCCC1CCCO1)c1ccccc1CN. The van der Waals surface area contributed by atoms with Gasteiger partial charge in [-0.1, -0.05) is 18.2 Å². The second kappa shape index (κ2) is 6.76. The van der Waals surface area contributed by atoms with E-state index in [0.717, 1.165) is 13.2 Å². The van der Waals surface area contributed by atoms with Gasteiger partial charge in [0.25, 0.3) is 0 Å². The Kier molecular flexibility index (Phi) is 5.02. The van der Waals surface area contributed by atoms with Crippen LogP contribution >= 0.6 is 0 Å². The van der Waals surface area contributed by atoms with E-state index in [1.807, 2.05) is 6.07 Å². The molecule has 1 heterocycles. The Labute approximate surface area is 110 Å². The molecule has 0 radical (unpaired) electrons. The first kappa shape index (κ1) is 13.4. The van der Waals surface area contributed by atoms with Gasteiger partial charge in [-0.05, 0) is 37.3 Å². The molecule has 0 aromatic heterocycles. The summed E-state index contributed by atoms with van der Waals surface area (Å²) in [5, 5.41) is 0. The van der Waals surface area contributed by atoms with Crippen LogP contribution in [0.3, 0.4) is 0 Å². The summed E-state index contributed by atoms with van der Waals surface area (Å²) in [5.74, 6) is 0. The summed E-state index contributed by atoms with van der Waals surface area (Å²) in [6.07, 6.45) is 5.33. The fourth-order valence-electron chi connectivity index (χ4n) is 2.60. The van der Waals surface area contributed by atoms with Crippen LogP contribution in [0.15, 0.2) is 24.3 Å². The zero-order valence-corrected chi connectivity index (χ0v) is 11.3. The molecular formula is C15H24N2O. The van der Waals surface area contributed by atoms with Gasteiger partial charge in [0.05, 0.1) is 6.10 Å². The molecule has 18 heavy (non-hydrogen) atoms. The Morgan fingerprint density at radius 2 is 2.22 bits per heavy atom. The second-order valence-electron chi connectivity index (χ2n) is 5.03. The lowest BCUT2D eigenvalue weighted by Gasteiger charge is -2.22. The summed E-state index contributed by atoms with van der Waals surface area (Å²) in [6, 6.07) is 8.37. The van der Waals surface area contributed by atoms with Gasteiger partial charge < -0.3 is 15.4 Å². The maximum Gasteiger partial charge on any atom is 0.0576 e. The van der Waals surface area contributed by atoms with Crippen molar-refractivity contribution in [3.63, 3.8) is 0 Å². The van der Waals surface area contributed by atoms with Crippen molar-refractivity contribution in [3.05, 3.63) is 29.8 Å². The van der Waals surface area contributed by atoms with Crippen molar-refractivity contribution in [3.8, 4) is 0 Å². The monoisotopic (exact) mass is 248 g/mol. The molecule has 3 heteroatoms. The van der Waals surface area contributed by atoms with Crippen LogP contribution in [0, 0.1) is 0 Å². The Morgan fingerprint density at radius 1 is 1.39 bits per heavy atom. The van der Waals surface area contributed by atoms with Gasteiger partial charge in [0.1, 0.15) is 0 Å². The molecular weight excluding hydrogens is 224 g/mol. The maximum atomic E-state index is 5.77. The lowest BCUT2D eigenvalue weighted by atomic mass is 10.1. The Hall–Kier alpha value is -1.06. The van der Waals surface area contributed by atoms with Crippen molar-refractivity contribution in [2.45, 2.75) is 38.3 Å². The topological polar surface area (TPSA) is 38.5 Å². The smallest absolute Gasteiger partial charge is 0.0576 e. The van der Waals surface area contributed by atoms with E-state index in [-0.39, 0.29) is 0 Å². The van der Waals surface area contributed by atoms with Crippen molar-refractivity contribution >= 4 is 5.69 Å². The molecule has 1 fully saturated rings. The first-order valence-corrected chi connectivity index (χ1v) is 6.92. The predicted octanol–water partition coefficient (Wildman–Crippen LogP) is 2.54. The molecule has 1 atom stereocenters. The summed E-state index contributed by atoms with van der Waals surface area (Å²) in [6.45, 7) is 2.62. The first-order chi connectivity index (χ1) is 8.81. The highest BCUT2D eigenvalue weighted by molar-refractivity contribution is 5.52. The summed E-state index contributed by atoms with van der Waals surface area (Å²) < 4.78 is 5.65. The third-order valence-corrected chi connectivity index (χ3v) is 3.67. The fraction of sp³-hybridized carbons (Fsp3) is 0.600. The molecule has 1 aromatic rings. The van der Waals surface area contributed by atoms with Crippen molar-refractivity contribution in [2.24, 2.45) is 5.73 Å². The van der Waals surface area contributed by atoms with E-state index >= 15 is 0 Å². The van der Waals surface area contributed by atoms with Gasteiger partial charge >= 0.3 is 0 Å². The third-order valence-electron chi connectivity index (χ3n) is 3.67. The zero-order chi connectivity index (χ0) is 12.8. The molecule has 0 saturated carbocycles. The van der Waals surface area contributed by atoms with Gasteiger partial charge in [-0.15, -0.1) is 0 Å². The van der Waals surface area contributed by atoms with E-state index in [0.29, 0.717) is 12.6 Å².